The Hall–Kier alpha value is -2.41. The number of amides is 1. The van der Waals surface area contributed by atoms with Gasteiger partial charge in [0.15, 0.2) is 5.96 Å². The number of hydrogen-bond donors (Lipinski definition) is 2. The Balaban J connectivity index is 1.44. The van der Waals surface area contributed by atoms with Gasteiger partial charge in [-0.25, -0.2) is 4.98 Å². The molecule has 1 saturated heterocycles. The van der Waals surface area contributed by atoms with E-state index >= 15 is 0 Å². The zero-order valence-electron chi connectivity index (χ0n) is 16.0. The molecule has 1 fully saturated rings. The molecular formula is C20H27N5OS. The van der Waals surface area contributed by atoms with E-state index in [4.69, 9.17) is 0 Å². The number of nitrogens with one attached hydrogen (secondary N) is 2. The SMILES string of the molecule is CCc1cnc(CCNC(=NC)NCc2ccc(N3CCCC3=O)cc2)s1. The topological polar surface area (TPSA) is 69.6 Å². The van der Waals surface area contributed by atoms with Crippen molar-refractivity contribution in [1.82, 2.24) is 15.6 Å². The summed E-state index contributed by atoms with van der Waals surface area (Å²) in [5, 5.41) is 7.81. The smallest absolute Gasteiger partial charge is 0.227 e. The van der Waals surface area contributed by atoms with E-state index in [2.05, 4.69) is 39.7 Å². The number of aryl methyl sites for hydroxylation is 1. The molecule has 0 saturated carbocycles. The Bertz CT molecular complexity index is 784. The summed E-state index contributed by atoms with van der Waals surface area (Å²) >= 11 is 1.77. The third-order valence-electron chi connectivity index (χ3n) is 4.59. The average molecular weight is 386 g/mol. The van der Waals surface area contributed by atoms with E-state index < -0.39 is 0 Å². The molecule has 1 aliphatic heterocycles. The summed E-state index contributed by atoms with van der Waals surface area (Å²) in [5.74, 6) is 0.998. The van der Waals surface area contributed by atoms with Crippen LogP contribution in [-0.2, 0) is 24.2 Å². The molecule has 0 spiro atoms. The fraction of sp³-hybridized carbons (Fsp3) is 0.450. The molecule has 144 valence electrons. The highest BCUT2D eigenvalue weighted by atomic mass is 32.1. The number of rotatable bonds is 7. The number of nitrogens with zero attached hydrogens (tertiary/aromatic N) is 3. The summed E-state index contributed by atoms with van der Waals surface area (Å²) in [6.07, 6.45) is 5.51. The van der Waals surface area contributed by atoms with Gasteiger partial charge in [-0.15, -0.1) is 11.3 Å². The minimum atomic E-state index is 0.219. The van der Waals surface area contributed by atoms with E-state index in [-0.39, 0.29) is 5.91 Å². The monoisotopic (exact) mass is 385 g/mol. The zero-order chi connectivity index (χ0) is 19.1. The van der Waals surface area contributed by atoms with Crippen LogP contribution in [0.2, 0.25) is 0 Å². The van der Waals surface area contributed by atoms with Gasteiger partial charge in [-0.2, -0.15) is 0 Å². The molecule has 0 bridgehead atoms. The number of carbonyl (C=O) groups excluding carboxylic acids is 1. The average Bonchev–Trinajstić information content (AvgIpc) is 3.33. The lowest BCUT2D eigenvalue weighted by Gasteiger charge is -2.16. The number of aromatic nitrogens is 1. The second-order valence-corrected chi connectivity index (χ2v) is 7.69. The first kappa shape index (κ1) is 19.4. The van der Waals surface area contributed by atoms with Crippen LogP contribution < -0.4 is 15.5 Å². The van der Waals surface area contributed by atoms with Crippen molar-refractivity contribution in [2.45, 2.75) is 39.2 Å². The van der Waals surface area contributed by atoms with Gasteiger partial charge in [-0.1, -0.05) is 19.1 Å². The van der Waals surface area contributed by atoms with Crippen LogP contribution in [0.5, 0.6) is 0 Å². The van der Waals surface area contributed by atoms with Crippen LogP contribution >= 0.6 is 11.3 Å². The number of carbonyl (C=O) groups is 1. The van der Waals surface area contributed by atoms with Crippen LogP contribution in [0.1, 0.15) is 35.2 Å². The third kappa shape index (κ3) is 5.29. The minimum absolute atomic E-state index is 0.219. The van der Waals surface area contributed by atoms with Crippen molar-refractivity contribution in [2.75, 3.05) is 25.0 Å². The molecule has 6 nitrogen and oxygen atoms in total. The molecule has 3 rings (SSSR count). The number of hydrogen-bond acceptors (Lipinski definition) is 4. The molecule has 2 N–H and O–H groups in total. The van der Waals surface area contributed by atoms with Crippen LogP contribution in [0.4, 0.5) is 5.69 Å². The van der Waals surface area contributed by atoms with Crippen molar-refractivity contribution >= 4 is 28.9 Å². The van der Waals surface area contributed by atoms with Gasteiger partial charge in [0.1, 0.15) is 0 Å². The molecule has 0 aliphatic carbocycles. The standard InChI is InChI=1S/C20H27N5OS/c1-3-17-14-23-18(27-17)10-11-22-20(21-2)24-13-15-6-8-16(9-7-15)25-12-4-5-19(25)26/h6-9,14H,3-5,10-13H2,1-2H3,(H2,21,22,24). The highest BCUT2D eigenvalue weighted by Gasteiger charge is 2.21. The van der Waals surface area contributed by atoms with Crippen molar-refractivity contribution in [2.24, 2.45) is 4.99 Å². The Morgan fingerprint density at radius 2 is 2.11 bits per heavy atom. The van der Waals surface area contributed by atoms with E-state index in [1.54, 1.807) is 18.4 Å². The summed E-state index contributed by atoms with van der Waals surface area (Å²) in [6, 6.07) is 8.15. The van der Waals surface area contributed by atoms with E-state index in [0.717, 1.165) is 54.6 Å². The number of guanidine groups is 1. The summed E-state index contributed by atoms with van der Waals surface area (Å²) in [4.78, 5) is 23.7. The Morgan fingerprint density at radius 1 is 1.30 bits per heavy atom. The number of benzene rings is 1. The molecule has 1 amide bonds. The molecular weight excluding hydrogens is 358 g/mol. The van der Waals surface area contributed by atoms with Crippen LogP contribution in [0.3, 0.4) is 0 Å². The molecule has 1 aromatic carbocycles. The van der Waals surface area contributed by atoms with Crippen LogP contribution in [0.15, 0.2) is 35.5 Å². The Kier molecular flexibility index (Phi) is 6.81. The van der Waals surface area contributed by atoms with Crippen molar-refractivity contribution in [3.05, 3.63) is 45.9 Å². The minimum Gasteiger partial charge on any atom is -0.356 e. The number of anilines is 1. The highest BCUT2D eigenvalue weighted by Crippen LogP contribution is 2.21. The summed E-state index contributed by atoms with van der Waals surface area (Å²) < 4.78 is 0. The second-order valence-electron chi connectivity index (χ2n) is 6.49. The van der Waals surface area contributed by atoms with Gasteiger partial charge in [-0.05, 0) is 30.5 Å². The van der Waals surface area contributed by atoms with Gasteiger partial charge in [0.05, 0.1) is 5.01 Å². The molecule has 0 unspecified atom stereocenters. The van der Waals surface area contributed by atoms with Crippen molar-refractivity contribution < 1.29 is 4.79 Å². The Morgan fingerprint density at radius 3 is 2.74 bits per heavy atom. The number of thiazole rings is 1. The first-order valence-electron chi connectivity index (χ1n) is 9.47. The lowest BCUT2D eigenvalue weighted by Crippen LogP contribution is -2.37. The summed E-state index contributed by atoms with van der Waals surface area (Å²) in [7, 11) is 1.77. The van der Waals surface area contributed by atoms with E-state index in [0.29, 0.717) is 13.0 Å². The first-order chi connectivity index (χ1) is 13.2. The van der Waals surface area contributed by atoms with E-state index in [1.165, 1.54) is 4.88 Å². The van der Waals surface area contributed by atoms with Gasteiger partial charge >= 0.3 is 0 Å². The maximum absolute atomic E-state index is 11.8. The molecule has 1 aliphatic rings. The molecule has 0 radical (unpaired) electrons. The molecule has 2 aromatic rings. The molecule has 7 heteroatoms. The van der Waals surface area contributed by atoms with E-state index in [9.17, 15) is 4.79 Å². The molecule has 2 heterocycles. The zero-order valence-corrected chi connectivity index (χ0v) is 16.8. The van der Waals surface area contributed by atoms with Crippen molar-refractivity contribution in [3.63, 3.8) is 0 Å². The summed E-state index contributed by atoms with van der Waals surface area (Å²) in [6.45, 7) is 4.46. The second kappa shape index (κ2) is 9.50. The lowest BCUT2D eigenvalue weighted by molar-refractivity contribution is -0.117. The maximum atomic E-state index is 11.8. The highest BCUT2D eigenvalue weighted by molar-refractivity contribution is 7.11. The molecule has 27 heavy (non-hydrogen) atoms. The fourth-order valence-electron chi connectivity index (χ4n) is 3.04. The fourth-order valence-corrected chi connectivity index (χ4v) is 3.90. The van der Waals surface area contributed by atoms with Crippen LogP contribution in [0.25, 0.3) is 0 Å². The van der Waals surface area contributed by atoms with Crippen LogP contribution in [-0.4, -0.2) is 37.0 Å². The predicted molar refractivity (Wildman–Crippen MR) is 111 cm³/mol. The largest absolute Gasteiger partial charge is 0.356 e. The maximum Gasteiger partial charge on any atom is 0.227 e. The van der Waals surface area contributed by atoms with Gasteiger partial charge in [-0.3, -0.25) is 9.79 Å². The quantitative estimate of drug-likeness (QED) is 0.568. The van der Waals surface area contributed by atoms with Gasteiger partial charge in [0.2, 0.25) is 5.91 Å². The lowest BCUT2D eigenvalue weighted by atomic mass is 10.2. The normalized spacial score (nSPS) is 14.7. The van der Waals surface area contributed by atoms with E-state index in [1.807, 2.05) is 23.2 Å². The molecule has 0 atom stereocenters. The van der Waals surface area contributed by atoms with Gasteiger partial charge in [0, 0.05) is 56.3 Å². The predicted octanol–water partition coefficient (Wildman–Crippen LogP) is 2.74. The van der Waals surface area contributed by atoms with Crippen molar-refractivity contribution in [3.8, 4) is 0 Å². The van der Waals surface area contributed by atoms with Gasteiger partial charge < -0.3 is 15.5 Å². The Labute approximate surface area is 164 Å². The first-order valence-corrected chi connectivity index (χ1v) is 10.3. The van der Waals surface area contributed by atoms with Gasteiger partial charge in [0.25, 0.3) is 0 Å². The van der Waals surface area contributed by atoms with Crippen LogP contribution in [0, 0.1) is 0 Å². The third-order valence-corrected chi connectivity index (χ3v) is 5.79. The van der Waals surface area contributed by atoms with Crippen molar-refractivity contribution in [1.29, 1.82) is 0 Å². The molecule has 1 aromatic heterocycles. The summed E-state index contributed by atoms with van der Waals surface area (Å²) in [5.41, 5.74) is 2.14. The number of aliphatic imine (C=N–C) groups is 1.